The summed E-state index contributed by atoms with van der Waals surface area (Å²) in [6, 6.07) is 6.14. The van der Waals surface area contributed by atoms with E-state index < -0.39 is 11.9 Å². The Balaban J connectivity index is 2.41. The van der Waals surface area contributed by atoms with Gasteiger partial charge in [-0.05, 0) is 37.0 Å². The number of unbranched alkanes of at least 4 members (excludes halogenated alkanes) is 1. The number of hydrogen-bond donors (Lipinski definition) is 4. The van der Waals surface area contributed by atoms with Crippen LogP contribution in [0.15, 0.2) is 29.3 Å². The average molecular weight is 277 g/mol. The second-order valence-corrected chi connectivity index (χ2v) is 4.28. The second-order valence-electron chi connectivity index (χ2n) is 4.28. The van der Waals surface area contributed by atoms with Crippen molar-refractivity contribution in [3.63, 3.8) is 0 Å². The van der Waals surface area contributed by atoms with Crippen molar-refractivity contribution >= 4 is 17.9 Å². The molecular weight excluding hydrogens is 258 g/mol. The van der Waals surface area contributed by atoms with Gasteiger partial charge in [0.2, 0.25) is 0 Å². The van der Waals surface area contributed by atoms with Crippen LogP contribution >= 0.6 is 0 Å². The van der Waals surface area contributed by atoms with Gasteiger partial charge in [0.25, 0.3) is 5.91 Å². The zero-order valence-electron chi connectivity index (χ0n) is 11.1. The Morgan fingerprint density at radius 3 is 2.25 bits per heavy atom. The fourth-order valence-electron chi connectivity index (χ4n) is 1.66. The molecule has 7 heteroatoms. The lowest BCUT2D eigenvalue weighted by atomic mass is 10.1. The number of benzene rings is 1. The molecule has 7 N–H and O–H groups in total. The molecule has 0 saturated carbocycles. The van der Waals surface area contributed by atoms with Crippen LogP contribution in [0.25, 0.3) is 0 Å². The summed E-state index contributed by atoms with van der Waals surface area (Å²) >= 11 is 0. The summed E-state index contributed by atoms with van der Waals surface area (Å²) in [6.45, 7) is 0.613. The summed E-state index contributed by atoms with van der Waals surface area (Å²) in [5, 5.41) is 2.01. The molecule has 0 unspecified atom stereocenters. The van der Waals surface area contributed by atoms with Gasteiger partial charge >= 0.3 is 6.03 Å². The first-order valence-corrected chi connectivity index (χ1v) is 6.24. The topological polar surface area (TPSA) is 137 Å². The molecule has 1 aromatic carbocycles. The van der Waals surface area contributed by atoms with Gasteiger partial charge in [-0.1, -0.05) is 12.1 Å². The smallest absolute Gasteiger partial charge is 0.319 e. The lowest BCUT2D eigenvalue weighted by molar-refractivity contribution is 0.0966. The number of urea groups is 1. The molecule has 0 fully saturated rings. The molecule has 0 saturated heterocycles. The normalized spacial score (nSPS) is 9.80. The number of primary amides is 1. The Morgan fingerprint density at radius 1 is 1.05 bits per heavy atom. The van der Waals surface area contributed by atoms with E-state index in [2.05, 4.69) is 4.99 Å². The summed E-state index contributed by atoms with van der Waals surface area (Å²) in [5.41, 5.74) is 16.8. The number of nitrogens with zero attached hydrogens (tertiary/aromatic N) is 1. The van der Waals surface area contributed by atoms with E-state index in [4.69, 9.17) is 17.2 Å². The standard InChI is InChI=1S/C13H19N5O2/c14-12(15)17-8-2-1-3-9-4-6-10(7-5-9)11(19)18-13(16)20/h4-7H,1-3,8H2,(H4,14,15,17)(H3,16,18,19,20). The minimum Gasteiger partial charge on any atom is -0.370 e. The quantitative estimate of drug-likeness (QED) is 0.332. The molecule has 0 aliphatic carbocycles. The van der Waals surface area contributed by atoms with E-state index in [0.29, 0.717) is 12.1 Å². The summed E-state index contributed by atoms with van der Waals surface area (Å²) in [6.07, 6.45) is 2.71. The van der Waals surface area contributed by atoms with Gasteiger partial charge in [-0.15, -0.1) is 0 Å². The van der Waals surface area contributed by atoms with Crippen LogP contribution in [0.1, 0.15) is 28.8 Å². The van der Waals surface area contributed by atoms with Gasteiger partial charge in [-0.3, -0.25) is 15.1 Å². The maximum atomic E-state index is 11.5. The van der Waals surface area contributed by atoms with Crippen LogP contribution in [0.2, 0.25) is 0 Å². The molecule has 0 radical (unpaired) electrons. The molecule has 3 amide bonds. The maximum Gasteiger partial charge on any atom is 0.319 e. The zero-order chi connectivity index (χ0) is 15.0. The lowest BCUT2D eigenvalue weighted by Crippen LogP contribution is -2.34. The van der Waals surface area contributed by atoms with Crippen LogP contribution in [0.4, 0.5) is 4.79 Å². The van der Waals surface area contributed by atoms with Crippen LogP contribution < -0.4 is 22.5 Å². The Morgan fingerprint density at radius 2 is 1.70 bits per heavy atom. The third-order valence-electron chi connectivity index (χ3n) is 2.62. The van der Waals surface area contributed by atoms with Crippen LogP contribution in [-0.4, -0.2) is 24.4 Å². The van der Waals surface area contributed by atoms with Crippen molar-refractivity contribution in [3.05, 3.63) is 35.4 Å². The van der Waals surface area contributed by atoms with Gasteiger partial charge in [0.15, 0.2) is 5.96 Å². The van der Waals surface area contributed by atoms with Crippen LogP contribution in [0.5, 0.6) is 0 Å². The van der Waals surface area contributed by atoms with E-state index in [1.54, 1.807) is 12.1 Å². The molecule has 0 atom stereocenters. The van der Waals surface area contributed by atoms with Crippen molar-refractivity contribution in [2.45, 2.75) is 19.3 Å². The number of nitrogens with two attached hydrogens (primary N) is 3. The number of aryl methyl sites for hydroxylation is 1. The van der Waals surface area contributed by atoms with Gasteiger partial charge in [-0.2, -0.15) is 0 Å². The number of carbonyl (C=O) groups excluding carboxylic acids is 2. The lowest BCUT2D eigenvalue weighted by Gasteiger charge is -2.03. The van der Waals surface area contributed by atoms with Crippen molar-refractivity contribution in [1.82, 2.24) is 5.32 Å². The number of aliphatic imine (C=N–C) groups is 1. The molecule has 0 spiro atoms. The molecule has 1 aromatic rings. The fraction of sp³-hybridized carbons (Fsp3) is 0.308. The SMILES string of the molecule is NC(=O)NC(=O)c1ccc(CCCCN=C(N)N)cc1. The predicted octanol–water partition coefficient (Wildman–Crippen LogP) is 0.0912. The fourth-order valence-corrected chi connectivity index (χ4v) is 1.66. The number of amides is 3. The van der Waals surface area contributed by atoms with Crippen molar-refractivity contribution in [3.8, 4) is 0 Å². The molecule has 1 rings (SSSR count). The Labute approximate surface area is 117 Å². The highest BCUT2D eigenvalue weighted by Gasteiger charge is 2.06. The number of carbonyl (C=O) groups is 2. The molecule has 7 nitrogen and oxygen atoms in total. The van der Waals surface area contributed by atoms with Crippen molar-refractivity contribution < 1.29 is 9.59 Å². The van der Waals surface area contributed by atoms with E-state index in [1.165, 1.54) is 0 Å². The highest BCUT2D eigenvalue weighted by Crippen LogP contribution is 2.08. The average Bonchev–Trinajstić information content (AvgIpc) is 2.38. The van der Waals surface area contributed by atoms with Gasteiger partial charge in [-0.25, -0.2) is 4.79 Å². The number of imide groups is 1. The molecule has 108 valence electrons. The predicted molar refractivity (Wildman–Crippen MR) is 77.1 cm³/mol. The van der Waals surface area contributed by atoms with Crippen LogP contribution in [-0.2, 0) is 6.42 Å². The monoisotopic (exact) mass is 277 g/mol. The summed E-state index contributed by atoms with van der Waals surface area (Å²) in [7, 11) is 0. The van der Waals surface area contributed by atoms with Gasteiger partial charge in [0, 0.05) is 12.1 Å². The number of hydrogen-bond acceptors (Lipinski definition) is 3. The maximum absolute atomic E-state index is 11.5. The molecule has 0 aliphatic rings. The van der Waals surface area contributed by atoms with Gasteiger partial charge in [0.05, 0.1) is 0 Å². The first-order valence-electron chi connectivity index (χ1n) is 6.24. The highest BCUT2D eigenvalue weighted by atomic mass is 16.2. The summed E-state index contributed by atoms with van der Waals surface area (Å²) in [4.78, 5) is 25.9. The van der Waals surface area contributed by atoms with Crippen molar-refractivity contribution in [2.24, 2.45) is 22.2 Å². The highest BCUT2D eigenvalue weighted by molar-refractivity contribution is 6.03. The first-order chi connectivity index (χ1) is 9.49. The van der Waals surface area contributed by atoms with E-state index in [9.17, 15) is 9.59 Å². The molecule has 20 heavy (non-hydrogen) atoms. The Hall–Kier alpha value is -2.57. The molecular formula is C13H19N5O2. The summed E-state index contributed by atoms with van der Waals surface area (Å²) in [5.74, 6) is -0.397. The number of nitrogens with one attached hydrogen (secondary N) is 1. The number of guanidine groups is 1. The van der Waals surface area contributed by atoms with Crippen molar-refractivity contribution in [1.29, 1.82) is 0 Å². The summed E-state index contributed by atoms with van der Waals surface area (Å²) < 4.78 is 0. The van der Waals surface area contributed by atoms with E-state index >= 15 is 0 Å². The zero-order valence-corrected chi connectivity index (χ0v) is 11.1. The van der Waals surface area contributed by atoms with Crippen LogP contribution in [0.3, 0.4) is 0 Å². The Bertz CT molecular complexity index is 492. The minimum atomic E-state index is -0.862. The molecule has 0 aliphatic heterocycles. The van der Waals surface area contributed by atoms with Crippen molar-refractivity contribution in [2.75, 3.05) is 6.54 Å². The third kappa shape index (κ3) is 5.85. The second kappa shape index (κ2) is 7.78. The largest absolute Gasteiger partial charge is 0.370 e. The van der Waals surface area contributed by atoms with E-state index in [1.807, 2.05) is 17.4 Å². The van der Waals surface area contributed by atoms with Gasteiger partial charge in [0.1, 0.15) is 0 Å². The van der Waals surface area contributed by atoms with Crippen LogP contribution in [0, 0.1) is 0 Å². The molecule has 0 aromatic heterocycles. The third-order valence-corrected chi connectivity index (χ3v) is 2.62. The molecule has 0 bridgehead atoms. The van der Waals surface area contributed by atoms with Gasteiger partial charge < -0.3 is 17.2 Å². The molecule has 0 heterocycles. The minimum absolute atomic E-state index is 0.106. The van der Waals surface area contributed by atoms with E-state index in [-0.39, 0.29) is 5.96 Å². The number of rotatable bonds is 6. The van der Waals surface area contributed by atoms with E-state index in [0.717, 1.165) is 24.8 Å². The Kier molecular flexibility index (Phi) is 6.02. The first kappa shape index (κ1) is 15.5.